The molecule has 1 aliphatic heterocycles. The molecule has 0 radical (unpaired) electrons. The van der Waals surface area contributed by atoms with Crippen molar-refractivity contribution >= 4 is 40.4 Å². The molecule has 2 aromatic rings. The van der Waals surface area contributed by atoms with Gasteiger partial charge in [0.05, 0.1) is 12.9 Å². The van der Waals surface area contributed by atoms with Crippen LogP contribution in [0.1, 0.15) is 6.23 Å². The highest BCUT2D eigenvalue weighted by Crippen LogP contribution is 2.67. The van der Waals surface area contributed by atoms with E-state index >= 15 is 0 Å². The molecule has 1 aliphatic rings. The normalized spacial score (nSPS) is 27.8. The summed E-state index contributed by atoms with van der Waals surface area (Å²) in [4.78, 5) is 47.8. The van der Waals surface area contributed by atoms with Crippen LogP contribution in [0.5, 0.6) is 0 Å². The minimum atomic E-state index is -5.81. The number of hydrogen-bond donors (Lipinski definition) is 8. The fourth-order valence-corrected chi connectivity index (χ4v) is 5.98. The van der Waals surface area contributed by atoms with Crippen molar-refractivity contribution in [3.63, 3.8) is 0 Å². The van der Waals surface area contributed by atoms with E-state index in [2.05, 4.69) is 23.6 Å². The number of nitrogens with one attached hydrogen (secondary N) is 1. The summed E-state index contributed by atoms with van der Waals surface area (Å²) in [5.74, 6) is -0.129. The highest BCUT2D eigenvalue weighted by molar-refractivity contribution is 7.66. The highest BCUT2D eigenvalue weighted by atomic mass is 31.3. The molecule has 0 saturated carbocycles. The quantitative estimate of drug-likeness (QED) is 0.138. The number of aliphatic hydroxyl groups is 2. The Kier molecular flexibility index (Phi) is 7.17. The van der Waals surface area contributed by atoms with Crippen LogP contribution in [0.3, 0.4) is 0 Å². The van der Waals surface area contributed by atoms with Crippen molar-refractivity contribution in [3.8, 4) is 0 Å². The highest BCUT2D eigenvalue weighted by Gasteiger charge is 2.51. The molecule has 32 heavy (non-hydrogen) atoms. The minimum Gasteiger partial charge on any atom is -0.394 e. The number of anilines is 1. The SMILES string of the molecule is O=P(O)(O)OP(=O)(O)OP(=O)(O)O[C@H]1[C@H](O)[C@@H](CO)O[C@H]1n1cnc2c(NO)ncnc21. The molecular weight excluding hydrogens is 507 g/mol. The van der Waals surface area contributed by atoms with Crippen molar-refractivity contribution in [2.75, 3.05) is 12.1 Å². The maximum atomic E-state index is 12.2. The Hall–Kier alpha value is -1.40. The van der Waals surface area contributed by atoms with Crippen LogP contribution in [0.15, 0.2) is 12.7 Å². The molecular formula is C10H16N5O14P3. The summed E-state index contributed by atoms with van der Waals surface area (Å²) in [5, 5.41) is 28.8. The van der Waals surface area contributed by atoms with E-state index in [0.29, 0.717) is 0 Å². The van der Waals surface area contributed by atoms with E-state index in [1.165, 1.54) is 0 Å². The second-order valence-electron chi connectivity index (χ2n) is 6.06. The molecule has 8 N–H and O–H groups in total. The van der Waals surface area contributed by atoms with Crippen LogP contribution in [-0.4, -0.2) is 79.4 Å². The fraction of sp³-hybridized carbons (Fsp3) is 0.500. The lowest BCUT2D eigenvalue weighted by Crippen LogP contribution is -2.35. The Morgan fingerprint density at radius 1 is 1.09 bits per heavy atom. The maximum Gasteiger partial charge on any atom is 0.490 e. The maximum absolute atomic E-state index is 12.2. The van der Waals surface area contributed by atoms with E-state index in [1.807, 2.05) is 0 Å². The topological polar surface area (TPSA) is 285 Å². The smallest absolute Gasteiger partial charge is 0.394 e. The molecule has 0 amide bonds. The predicted octanol–water partition coefficient (Wildman–Crippen LogP) is -1.41. The molecule has 6 atom stereocenters. The van der Waals surface area contributed by atoms with Gasteiger partial charge in [0.1, 0.15) is 24.6 Å². The third kappa shape index (κ3) is 5.56. The van der Waals surface area contributed by atoms with Gasteiger partial charge in [0.25, 0.3) is 0 Å². The number of aromatic nitrogens is 4. The van der Waals surface area contributed by atoms with Gasteiger partial charge >= 0.3 is 23.5 Å². The lowest BCUT2D eigenvalue weighted by molar-refractivity contribution is -0.0505. The van der Waals surface area contributed by atoms with E-state index < -0.39 is 54.6 Å². The molecule has 2 unspecified atom stereocenters. The summed E-state index contributed by atoms with van der Waals surface area (Å²) in [6.45, 7) is -0.793. The fourth-order valence-electron chi connectivity index (χ4n) is 2.78. The van der Waals surface area contributed by atoms with Crippen LogP contribution in [0, 0.1) is 0 Å². The molecule has 1 saturated heterocycles. The number of fused-ring (bicyclic) bond motifs is 1. The second kappa shape index (κ2) is 9.09. The minimum absolute atomic E-state index is 0.00220. The summed E-state index contributed by atoms with van der Waals surface area (Å²) < 4.78 is 52.9. The zero-order chi connectivity index (χ0) is 23.9. The van der Waals surface area contributed by atoms with E-state index in [0.717, 1.165) is 17.2 Å². The summed E-state index contributed by atoms with van der Waals surface area (Å²) >= 11 is 0. The lowest BCUT2D eigenvalue weighted by atomic mass is 10.1. The van der Waals surface area contributed by atoms with Gasteiger partial charge in [0.15, 0.2) is 23.2 Å². The van der Waals surface area contributed by atoms with Crippen LogP contribution in [0.4, 0.5) is 5.82 Å². The number of nitrogens with zero attached hydrogens (tertiary/aromatic N) is 4. The Morgan fingerprint density at radius 2 is 1.78 bits per heavy atom. The zero-order valence-electron chi connectivity index (χ0n) is 15.3. The van der Waals surface area contributed by atoms with Gasteiger partial charge in [-0.05, 0) is 0 Å². The summed E-state index contributed by atoms with van der Waals surface area (Å²) in [5.41, 5.74) is 1.73. The third-order valence-electron chi connectivity index (χ3n) is 3.90. The summed E-state index contributed by atoms with van der Waals surface area (Å²) in [6.07, 6.45) is -4.55. The largest absolute Gasteiger partial charge is 0.490 e. The average Bonchev–Trinajstić information content (AvgIpc) is 3.20. The van der Waals surface area contributed by atoms with E-state index in [1.54, 1.807) is 5.48 Å². The Morgan fingerprint density at radius 3 is 2.38 bits per heavy atom. The Labute approximate surface area is 176 Å². The molecule has 19 nitrogen and oxygen atoms in total. The number of imidazole rings is 1. The van der Waals surface area contributed by atoms with Gasteiger partial charge in [-0.15, -0.1) is 0 Å². The van der Waals surface area contributed by atoms with Gasteiger partial charge in [-0.2, -0.15) is 8.62 Å². The van der Waals surface area contributed by atoms with Crippen LogP contribution in [-0.2, 0) is 31.6 Å². The summed E-state index contributed by atoms with van der Waals surface area (Å²) in [6, 6.07) is 0. The van der Waals surface area contributed by atoms with Gasteiger partial charge < -0.3 is 34.5 Å². The standard InChI is InChI=1S/C10H16N5O14P3/c16-1-4-6(17)7(27-31(22,23)29-32(24,25)28-30(19,20)21)10(26-4)15-3-13-5-8(14-18)11-2-12-9(5)15/h2-4,6-7,10,16-18H,1H2,(H,22,23)(H,24,25)(H,11,12,14)(H2,19,20,21)/t4-,6-,7+,10-/m1/s1. The van der Waals surface area contributed by atoms with E-state index in [9.17, 15) is 33.7 Å². The van der Waals surface area contributed by atoms with Crippen molar-refractivity contribution in [1.29, 1.82) is 0 Å². The van der Waals surface area contributed by atoms with Crippen molar-refractivity contribution in [3.05, 3.63) is 12.7 Å². The molecule has 22 heteroatoms. The van der Waals surface area contributed by atoms with Gasteiger partial charge in [-0.1, -0.05) is 0 Å². The first kappa shape index (κ1) is 25.2. The number of ether oxygens (including phenoxy) is 1. The van der Waals surface area contributed by atoms with Gasteiger partial charge in [-0.25, -0.2) is 28.6 Å². The first-order chi connectivity index (χ1) is 14.8. The molecule has 0 spiro atoms. The number of phosphoric ester groups is 1. The number of hydrogen-bond acceptors (Lipinski definition) is 14. The molecule has 0 aliphatic carbocycles. The number of rotatable bonds is 9. The van der Waals surface area contributed by atoms with Gasteiger partial charge in [0.2, 0.25) is 0 Å². The van der Waals surface area contributed by atoms with Crippen LogP contribution < -0.4 is 5.48 Å². The number of phosphoric acid groups is 3. The molecule has 1 fully saturated rings. The van der Waals surface area contributed by atoms with Crippen LogP contribution >= 0.6 is 23.5 Å². The van der Waals surface area contributed by atoms with Gasteiger partial charge in [-0.3, -0.25) is 19.8 Å². The third-order valence-corrected chi connectivity index (χ3v) is 7.74. The molecule has 3 heterocycles. The molecule has 180 valence electrons. The van der Waals surface area contributed by atoms with E-state index in [4.69, 9.17) is 24.3 Å². The Bertz CT molecular complexity index is 1120. The molecule has 2 aromatic heterocycles. The predicted molar refractivity (Wildman–Crippen MR) is 96.5 cm³/mol. The van der Waals surface area contributed by atoms with E-state index in [-0.39, 0.29) is 17.0 Å². The van der Waals surface area contributed by atoms with Crippen molar-refractivity contribution in [1.82, 2.24) is 19.5 Å². The summed E-state index contributed by atoms with van der Waals surface area (Å²) in [7, 11) is -17.1. The van der Waals surface area contributed by atoms with Crippen molar-refractivity contribution in [2.24, 2.45) is 0 Å². The van der Waals surface area contributed by atoms with Crippen molar-refractivity contribution < 1.29 is 66.6 Å². The first-order valence-corrected chi connectivity index (χ1v) is 12.6. The monoisotopic (exact) mass is 523 g/mol. The number of aliphatic hydroxyl groups excluding tert-OH is 2. The first-order valence-electron chi connectivity index (χ1n) is 8.11. The zero-order valence-corrected chi connectivity index (χ0v) is 18.0. The van der Waals surface area contributed by atoms with Gasteiger partial charge in [0, 0.05) is 0 Å². The average molecular weight is 523 g/mol. The second-order valence-corrected chi connectivity index (χ2v) is 10.4. The van der Waals surface area contributed by atoms with Crippen LogP contribution in [0.25, 0.3) is 11.2 Å². The van der Waals surface area contributed by atoms with Crippen molar-refractivity contribution in [2.45, 2.75) is 24.5 Å². The molecule has 0 aromatic carbocycles. The lowest BCUT2D eigenvalue weighted by Gasteiger charge is -2.24. The Balaban J connectivity index is 1.92. The molecule has 3 rings (SSSR count). The molecule has 0 bridgehead atoms. The van der Waals surface area contributed by atoms with Crippen LogP contribution in [0.2, 0.25) is 0 Å².